The van der Waals surface area contributed by atoms with Gasteiger partial charge in [0.1, 0.15) is 6.10 Å². The number of rotatable bonds is 3. The first-order chi connectivity index (χ1) is 6.70. The van der Waals surface area contributed by atoms with Crippen molar-refractivity contribution in [1.29, 1.82) is 0 Å². The Hall–Kier alpha value is -0.770. The zero-order valence-corrected chi connectivity index (χ0v) is 8.48. The van der Waals surface area contributed by atoms with Gasteiger partial charge in [-0.2, -0.15) is 0 Å². The van der Waals surface area contributed by atoms with Crippen LogP contribution in [0.1, 0.15) is 32.6 Å². The molecule has 4 nitrogen and oxygen atoms in total. The maximum absolute atomic E-state index is 11.1. The van der Waals surface area contributed by atoms with Gasteiger partial charge < -0.3 is 9.84 Å². The van der Waals surface area contributed by atoms with Crippen LogP contribution in [0.4, 0.5) is 4.79 Å². The third-order valence-electron chi connectivity index (χ3n) is 3.27. The number of hydrogen-bond donors (Lipinski definition) is 1. The lowest BCUT2D eigenvalue weighted by Crippen LogP contribution is -2.46. The van der Waals surface area contributed by atoms with E-state index in [2.05, 4.69) is 0 Å². The lowest BCUT2D eigenvalue weighted by atomic mass is 10.1. The van der Waals surface area contributed by atoms with Gasteiger partial charge in [0.05, 0.1) is 12.6 Å². The molecule has 0 bridgehead atoms. The number of epoxide rings is 1. The third-order valence-corrected chi connectivity index (χ3v) is 3.27. The molecule has 2 fully saturated rings. The van der Waals surface area contributed by atoms with Gasteiger partial charge in [0, 0.05) is 6.04 Å². The first kappa shape index (κ1) is 9.77. The van der Waals surface area contributed by atoms with E-state index < -0.39 is 6.09 Å². The van der Waals surface area contributed by atoms with Crippen molar-refractivity contribution < 1.29 is 14.6 Å². The average Bonchev–Trinajstić information content (AvgIpc) is 2.85. The summed E-state index contributed by atoms with van der Waals surface area (Å²) >= 11 is 0. The number of nitrogens with zero attached hydrogens (tertiary/aromatic N) is 1. The van der Waals surface area contributed by atoms with Gasteiger partial charge in [-0.15, -0.1) is 0 Å². The molecule has 0 radical (unpaired) electrons. The Kier molecular flexibility index (Phi) is 2.63. The summed E-state index contributed by atoms with van der Waals surface area (Å²) in [6.07, 6.45) is 3.71. The standard InChI is InChI=1S/C10H17NO3/c1-7(9-6-14-9)11(10(12)13)8-4-2-3-5-8/h7-9H,2-6H2,1H3,(H,12,13)/t7?,9-/m1/s1. The quantitative estimate of drug-likeness (QED) is 0.704. The van der Waals surface area contributed by atoms with Crippen molar-refractivity contribution in [2.24, 2.45) is 0 Å². The smallest absolute Gasteiger partial charge is 0.407 e. The highest BCUT2D eigenvalue weighted by molar-refractivity contribution is 5.66. The predicted octanol–water partition coefficient (Wildman–Crippen LogP) is 1.70. The number of carboxylic acid groups (broad SMARTS) is 1. The molecule has 0 aromatic carbocycles. The van der Waals surface area contributed by atoms with Crippen molar-refractivity contribution in [2.75, 3.05) is 6.61 Å². The lowest BCUT2D eigenvalue weighted by Gasteiger charge is -2.31. The van der Waals surface area contributed by atoms with Crippen LogP contribution >= 0.6 is 0 Å². The van der Waals surface area contributed by atoms with Crippen LogP contribution in [-0.2, 0) is 4.74 Å². The summed E-state index contributed by atoms with van der Waals surface area (Å²) in [7, 11) is 0. The zero-order chi connectivity index (χ0) is 10.1. The van der Waals surface area contributed by atoms with Gasteiger partial charge in [-0.25, -0.2) is 4.79 Å². The molecular formula is C10H17NO3. The van der Waals surface area contributed by atoms with Gasteiger partial charge in [-0.1, -0.05) is 12.8 Å². The van der Waals surface area contributed by atoms with Crippen LogP contribution in [0.15, 0.2) is 0 Å². The summed E-state index contributed by atoms with van der Waals surface area (Å²) in [5, 5.41) is 9.15. The first-order valence-corrected chi connectivity index (χ1v) is 5.33. The predicted molar refractivity (Wildman–Crippen MR) is 51.3 cm³/mol. The minimum absolute atomic E-state index is 0.0237. The number of hydrogen-bond acceptors (Lipinski definition) is 2. The molecule has 1 aliphatic heterocycles. The molecule has 2 rings (SSSR count). The van der Waals surface area contributed by atoms with Crippen LogP contribution in [0.2, 0.25) is 0 Å². The van der Waals surface area contributed by atoms with E-state index in [9.17, 15) is 4.79 Å². The van der Waals surface area contributed by atoms with E-state index in [1.54, 1.807) is 4.90 Å². The van der Waals surface area contributed by atoms with E-state index in [0.29, 0.717) is 0 Å². The molecule has 14 heavy (non-hydrogen) atoms. The van der Waals surface area contributed by atoms with Gasteiger partial charge in [0.15, 0.2) is 0 Å². The van der Waals surface area contributed by atoms with Crippen LogP contribution in [0.5, 0.6) is 0 Å². The summed E-state index contributed by atoms with van der Waals surface area (Å²) in [4.78, 5) is 12.7. The fourth-order valence-corrected chi connectivity index (χ4v) is 2.36. The molecular weight excluding hydrogens is 182 g/mol. The van der Waals surface area contributed by atoms with Crippen molar-refractivity contribution in [3.63, 3.8) is 0 Å². The maximum Gasteiger partial charge on any atom is 0.407 e. The van der Waals surface area contributed by atoms with Gasteiger partial charge in [-0.05, 0) is 19.8 Å². The average molecular weight is 199 g/mol. The second-order valence-electron chi connectivity index (χ2n) is 4.24. The minimum atomic E-state index is -0.792. The van der Waals surface area contributed by atoms with Crippen LogP contribution < -0.4 is 0 Å². The Morgan fingerprint density at radius 2 is 2.07 bits per heavy atom. The van der Waals surface area contributed by atoms with E-state index in [1.807, 2.05) is 6.92 Å². The van der Waals surface area contributed by atoms with Crippen molar-refractivity contribution in [3.8, 4) is 0 Å². The molecule has 2 atom stereocenters. The Balaban J connectivity index is 2.01. The molecule has 1 saturated heterocycles. The first-order valence-electron chi connectivity index (χ1n) is 5.33. The molecule has 1 heterocycles. The number of amides is 1. The molecule has 0 spiro atoms. The van der Waals surface area contributed by atoms with E-state index >= 15 is 0 Å². The Labute approximate surface area is 83.8 Å². The third kappa shape index (κ3) is 1.85. The summed E-state index contributed by atoms with van der Waals surface area (Å²) < 4.78 is 5.16. The molecule has 1 N–H and O–H groups in total. The Morgan fingerprint density at radius 3 is 2.50 bits per heavy atom. The zero-order valence-electron chi connectivity index (χ0n) is 8.48. The number of carbonyl (C=O) groups is 1. The normalized spacial score (nSPS) is 28.8. The van der Waals surface area contributed by atoms with E-state index in [1.165, 1.54) is 0 Å². The Morgan fingerprint density at radius 1 is 1.50 bits per heavy atom. The molecule has 4 heteroatoms. The van der Waals surface area contributed by atoms with Gasteiger partial charge >= 0.3 is 6.09 Å². The molecule has 1 amide bonds. The Bertz CT molecular complexity index is 219. The van der Waals surface area contributed by atoms with Crippen LogP contribution in [0.25, 0.3) is 0 Å². The summed E-state index contributed by atoms with van der Waals surface area (Å²) in [5.41, 5.74) is 0. The second kappa shape index (κ2) is 3.77. The van der Waals surface area contributed by atoms with Gasteiger partial charge in [0.25, 0.3) is 0 Å². The van der Waals surface area contributed by atoms with Crippen molar-refractivity contribution in [2.45, 2.75) is 50.8 Å². The van der Waals surface area contributed by atoms with Crippen molar-refractivity contribution in [1.82, 2.24) is 4.90 Å². The van der Waals surface area contributed by atoms with Gasteiger partial charge in [0.2, 0.25) is 0 Å². The summed E-state index contributed by atoms with van der Waals surface area (Å²) in [5.74, 6) is 0. The van der Waals surface area contributed by atoms with E-state index in [0.717, 1.165) is 32.3 Å². The molecule has 1 unspecified atom stereocenters. The lowest BCUT2D eigenvalue weighted by molar-refractivity contribution is 0.0934. The molecule has 2 aliphatic rings. The highest BCUT2D eigenvalue weighted by Crippen LogP contribution is 2.29. The van der Waals surface area contributed by atoms with Crippen LogP contribution in [0.3, 0.4) is 0 Å². The van der Waals surface area contributed by atoms with Crippen LogP contribution in [0, 0.1) is 0 Å². The summed E-state index contributed by atoms with van der Waals surface area (Å²) in [6.45, 7) is 2.67. The topological polar surface area (TPSA) is 53.1 Å². The molecule has 0 aromatic heterocycles. The SMILES string of the molecule is CC([C@H]1CO1)N(C(=O)O)C1CCCC1. The van der Waals surface area contributed by atoms with Crippen LogP contribution in [-0.4, -0.2) is 40.9 Å². The van der Waals surface area contributed by atoms with E-state index in [-0.39, 0.29) is 18.2 Å². The summed E-state index contributed by atoms with van der Waals surface area (Å²) in [6, 6.07) is 0.252. The highest BCUT2D eigenvalue weighted by atomic mass is 16.6. The molecule has 0 aromatic rings. The largest absolute Gasteiger partial charge is 0.465 e. The molecule has 80 valence electrons. The fraction of sp³-hybridized carbons (Fsp3) is 0.900. The highest BCUT2D eigenvalue weighted by Gasteiger charge is 2.39. The second-order valence-corrected chi connectivity index (χ2v) is 4.24. The fourth-order valence-electron chi connectivity index (χ4n) is 2.36. The van der Waals surface area contributed by atoms with Crippen molar-refractivity contribution >= 4 is 6.09 Å². The molecule has 1 aliphatic carbocycles. The maximum atomic E-state index is 11.1. The monoisotopic (exact) mass is 199 g/mol. The van der Waals surface area contributed by atoms with E-state index in [4.69, 9.17) is 9.84 Å². The molecule has 1 saturated carbocycles. The van der Waals surface area contributed by atoms with Crippen molar-refractivity contribution in [3.05, 3.63) is 0 Å². The van der Waals surface area contributed by atoms with Gasteiger partial charge in [-0.3, -0.25) is 4.90 Å². The minimum Gasteiger partial charge on any atom is -0.465 e. The number of ether oxygens (including phenoxy) is 1.